The van der Waals surface area contributed by atoms with Crippen molar-refractivity contribution in [2.75, 3.05) is 0 Å². The molecule has 4 rings (SSSR count). The van der Waals surface area contributed by atoms with E-state index in [0.29, 0.717) is 0 Å². The van der Waals surface area contributed by atoms with Crippen LogP contribution in [0.1, 0.15) is 0 Å². The number of aromatic nitrogens is 3. The van der Waals surface area contributed by atoms with Crippen LogP contribution in [-0.4, -0.2) is 15.0 Å². The summed E-state index contributed by atoms with van der Waals surface area (Å²) in [6.45, 7) is 0. The van der Waals surface area contributed by atoms with Crippen molar-refractivity contribution in [3.05, 3.63) is 103 Å². The van der Waals surface area contributed by atoms with Gasteiger partial charge in [-0.25, -0.2) is 23.1 Å². The van der Waals surface area contributed by atoms with E-state index in [2.05, 4.69) is 27.1 Å². The fraction of sp³-hybridized carbons (Fsp3) is 0. The number of fused-ring (bicyclic) bond motifs is 1. The SMILES string of the molecule is Fc1cccc(F)c1F.c1ccc2ncccc2c1.c1cncnc1. The van der Waals surface area contributed by atoms with Crippen LogP contribution in [0.5, 0.6) is 0 Å². The topological polar surface area (TPSA) is 38.7 Å². The smallest absolute Gasteiger partial charge is 0.194 e. The van der Waals surface area contributed by atoms with E-state index in [4.69, 9.17) is 0 Å². The molecule has 25 heavy (non-hydrogen) atoms. The highest BCUT2D eigenvalue weighted by molar-refractivity contribution is 5.77. The largest absolute Gasteiger partial charge is 0.256 e. The number of hydrogen-bond acceptors (Lipinski definition) is 3. The first-order valence-electron chi connectivity index (χ1n) is 7.27. The molecule has 0 N–H and O–H groups in total. The quantitative estimate of drug-likeness (QED) is 0.431. The summed E-state index contributed by atoms with van der Waals surface area (Å²) in [6.07, 6.45) is 6.68. The lowest BCUT2D eigenvalue weighted by Crippen LogP contribution is -1.86. The van der Waals surface area contributed by atoms with E-state index in [1.807, 2.05) is 30.5 Å². The predicted octanol–water partition coefficient (Wildman–Crippen LogP) is 4.82. The number of nitrogens with zero attached hydrogens (tertiary/aromatic N) is 3. The monoisotopic (exact) mass is 341 g/mol. The average Bonchev–Trinajstić information content (AvgIpc) is 2.68. The first-order chi connectivity index (χ1) is 12.2. The molecule has 2 heterocycles. The molecule has 0 saturated carbocycles. The zero-order valence-corrected chi connectivity index (χ0v) is 13.1. The highest BCUT2D eigenvalue weighted by atomic mass is 19.2. The Morgan fingerprint density at radius 2 is 1.24 bits per heavy atom. The van der Waals surface area contributed by atoms with E-state index in [9.17, 15) is 13.2 Å². The van der Waals surface area contributed by atoms with Gasteiger partial charge in [-0.1, -0.05) is 30.3 Å². The van der Waals surface area contributed by atoms with Gasteiger partial charge in [0.2, 0.25) is 0 Å². The summed E-state index contributed by atoms with van der Waals surface area (Å²) in [5.74, 6) is -3.73. The van der Waals surface area contributed by atoms with E-state index in [1.54, 1.807) is 18.5 Å². The molecule has 0 unspecified atom stereocenters. The molecule has 0 bridgehead atoms. The maximum atomic E-state index is 12.0. The number of benzene rings is 2. The second-order valence-corrected chi connectivity index (χ2v) is 4.64. The molecule has 0 amide bonds. The Balaban J connectivity index is 0.000000140. The lowest BCUT2D eigenvalue weighted by atomic mass is 10.2. The number of pyridine rings is 1. The normalized spacial score (nSPS) is 9.40. The third-order valence-electron chi connectivity index (χ3n) is 2.89. The fourth-order valence-electron chi connectivity index (χ4n) is 1.75. The van der Waals surface area contributed by atoms with Gasteiger partial charge in [-0.2, -0.15) is 0 Å². The van der Waals surface area contributed by atoms with Crippen LogP contribution in [-0.2, 0) is 0 Å². The minimum absolute atomic E-state index is 0.860. The molecule has 0 fully saturated rings. The molecule has 0 spiro atoms. The van der Waals surface area contributed by atoms with Gasteiger partial charge in [-0.15, -0.1) is 0 Å². The molecule has 0 aliphatic rings. The van der Waals surface area contributed by atoms with Gasteiger partial charge < -0.3 is 0 Å². The van der Waals surface area contributed by atoms with E-state index in [-0.39, 0.29) is 0 Å². The maximum Gasteiger partial charge on any atom is 0.194 e. The lowest BCUT2D eigenvalue weighted by molar-refractivity contribution is 0.447. The first-order valence-corrected chi connectivity index (χ1v) is 7.27. The Bertz CT molecular complexity index is 790. The zero-order valence-electron chi connectivity index (χ0n) is 13.1. The highest BCUT2D eigenvalue weighted by Crippen LogP contribution is 2.08. The van der Waals surface area contributed by atoms with Crippen molar-refractivity contribution in [1.29, 1.82) is 0 Å². The molecule has 126 valence electrons. The van der Waals surface area contributed by atoms with E-state index >= 15 is 0 Å². The van der Waals surface area contributed by atoms with Crippen LogP contribution in [0, 0.1) is 17.5 Å². The zero-order chi connectivity index (χ0) is 17.9. The van der Waals surface area contributed by atoms with Crippen molar-refractivity contribution < 1.29 is 13.2 Å². The number of hydrogen-bond donors (Lipinski definition) is 0. The summed E-state index contributed by atoms with van der Waals surface area (Å²) < 4.78 is 35.9. The molecule has 0 saturated heterocycles. The van der Waals surface area contributed by atoms with E-state index in [0.717, 1.165) is 23.7 Å². The van der Waals surface area contributed by atoms with Crippen molar-refractivity contribution in [2.45, 2.75) is 0 Å². The van der Waals surface area contributed by atoms with Gasteiger partial charge in [-0.05, 0) is 30.3 Å². The molecule has 2 aromatic carbocycles. The standard InChI is InChI=1S/C9H7N.C6H3F3.C4H4N2/c1-2-6-9-8(4-1)5-3-7-10-9;7-4-2-1-3-5(8)6(4)9;1-2-5-4-6-3-1/h1-7H;1-3H;1-4H. The van der Waals surface area contributed by atoms with Crippen molar-refractivity contribution in [3.63, 3.8) is 0 Å². The lowest BCUT2D eigenvalue weighted by Gasteiger charge is -1.91. The highest BCUT2D eigenvalue weighted by Gasteiger charge is 2.04. The molecule has 3 nitrogen and oxygen atoms in total. The minimum atomic E-state index is -1.42. The summed E-state index contributed by atoms with van der Waals surface area (Å²) in [5.41, 5.74) is 1.06. The van der Waals surface area contributed by atoms with Gasteiger partial charge in [0.05, 0.1) is 5.52 Å². The Morgan fingerprint density at radius 3 is 1.76 bits per heavy atom. The summed E-state index contributed by atoms with van der Waals surface area (Å²) in [6, 6.07) is 16.7. The van der Waals surface area contributed by atoms with E-state index in [1.165, 1.54) is 11.7 Å². The number of rotatable bonds is 0. The Morgan fingerprint density at radius 1 is 0.600 bits per heavy atom. The molecule has 0 aliphatic heterocycles. The molecular formula is C19H14F3N3. The second-order valence-electron chi connectivity index (χ2n) is 4.64. The Hall–Kier alpha value is -3.28. The van der Waals surface area contributed by atoms with Crippen LogP contribution >= 0.6 is 0 Å². The van der Waals surface area contributed by atoms with Crippen molar-refractivity contribution in [3.8, 4) is 0 Å². The summed E-state index contributed by atoms with van der Waals surface area (Å²) in [5, 5.41) is 1.20. The van der Waals surface area contributed by atoms with Crippen LogP contribution in [0.25, 0.3) is 10.9 Å². The minimum Gasteiger partial charge on any atom is -0.256 e. The maximum absolute atomic E-state index is 12.0. The van der Waals surface area contributed by atoms with Gasteiger partial charge in [0.1, 0.15) is 6.33 Å². The first kappa shape index (κ1) is 18.1. The van der Waals surface area contributed by atoms with Crippen LogP contribution in [0.3, 0.4) is 0 Å². The Labute approximate surface area is 142 Å². The molecule has 4 aromatic rings. The third kappa shape index (κ3) is 6.02. The predicted molar refractivity (Wildman–Crippen MR) is 90.1 cm³/mol. The van der Waals surface area contributed by atoms with E-state index < -0.39 is 17.5 Å². The average molecular weight is 341 g/mol. The van der Waals surface area contributed by atoms with Crippen molar-refractivity contribution >= 4 is 10.9 Å². The summed E-state index contributed by atoms with van der Waals surface area (Å²) >= 11 is 0. The second kappa shape index (κ2) is 9.77. The molecule has 6 heteroatoms. The van der Waals surface area contributed by atoms with Gasteiger partial charge in [0.15, 0.2) is 17.5 Å². The molecule has 0 atom stereocenters. The molecule has 2 aromatic heterocycles. The van der Waals surface area contributed by atoms with Gasteiger partial charge >= 0.3 is 0 Å². The summed E-state index contributed by atoms with van der Waals surface area (Å²) in [7, 11) is 0. The number of para-hydroxylation sites is 1. The van der Waals surface area contributed by atoms with Crippen LogP contribution < -0.4 is 0 Å². The molecule has 0 radical (unpaired) electrons. The third-order valence-corrected chi connectivity index (χ3v) is 2.89. The molecular weight excluding hydrogens is 327 g/mol. The van der Waals surface area contributed by atoms with Gasteiger partial charge in [0.25, 0.3) is 0 Å². The Kier molecular flexibility index (Phi) is 7.06. The van der Waals surface area contributed by atoms with Gasteiger partial charge in [-0.3, -0.25) is 4.98 Å². The van der Waals surface area contributed by atoms with Crippen LogP contribution in [0.4, 0.5) is 13.2 Å². The number of halogens is 3. The fourth-order valence-corrected chi connectivity index (χ4v) is 1.75. The summed E-state index contributed by atoms with van der Waals surface area (Å²) in [4.78, 5) is 11.5. The van der Waals surface area contributed by atoms with Gasteiger partial charge in [0, 0.05) is 24.0 Å². The van der Waals surface area contributed by atoms with Crippen molar-refractivity contribution in [2.24, 2.45) is 0 Å². The van der Waals surface area contributed by atoms with Crippen LogP contribution in [0.2, 0.25) is 0 Å². The van der Waals surface area contributed by atoms with Crippen molar-refractivity contribution in [1.82, 2.24) is 15.0 Å². The molecule has 0 aliphatic carbocycles. The van der Waals surface area contributed by atoms with Crippen LogP contribution in [0.15, 0.2) is 85.6 Å².